The number of nitrogens with one attached hydrogen (secondary N) is 1. The molecule has 0 aliphatic rings. The second-order valence-electron chi connectivity index (χ2n) is 4.66. The van der Waals surface area contributed by atoms with Crippen molar-refractivity contribution in [1.29, 1.82) is 5.26 Å². The lowest BCUT2D eigenvalue weighted by Gasteiger charge is -2.19. The van der Waals surface area contributed by atoms with Gasteiger partial charge < -0.3 is 5.32 Å². The molecule has 1 rings (SSSR count). The van der Waals surface area contributed by atoms with E-state index >= 15 is 0 Å². The lowest BCUT2D eigenvalue weighted by atomic mass is 9.88. The van der Waals surface area contributed by atoms with Crippen molar-refractivity contribution in [3.63, 3.8) is 0 Å². The summed E-state index contributed by atoms with van der Waals surface area (Å²) in [6, 6.07) is 9.84. The molecule has 0 saturated heterocycles. The van der Waals surface area contributed by atoms with Crippen LogP contribution in [0, 0.1) is 16.7 Å². The molecule has 0 fully saturated rings. The Morgan fingerprint density at radius 1 is 1.39 bits per heavy atom. The minimum atomic E-state index is -0.959. The van der Waals surface area contributed by atoms with Gasteiger partial charge in [0.1, 0.15) is 5.41 Å². The van der Waals surface area contributed by atoms with E-state index in [1.54, 1.807) is 6.92 Å². The summed E-state index contributed by atoms with van der Waals surface area (Å²) in [6.07, 6.45) is 2.45. The summed E-state index contributed by atoms with van der Waals surface area (Å²) >= 11 is 0. The number of para-hydroxylation sites is 1. The van der Waals surface area contributed by atoms with Crippen molar-refractivity contribution in [2.24, 2.45) is 5.41 Å². The molecule has 3 heteroatoms. The highest BCUT2D eigenvalue weighted by Gasteiger charge is 2.31. The molecule has 0 aliphatic carbocycles. The molecule has 0 heterocycles. The Balaban J connectivity index is 2.92. The maximum Gasteiger partial charge on any atom is 0.244 e. The average molecular weight is 244 g/mol. The van der Waals surface area contributed by atoms with E-state index in [2.05, 4.69) is 18.3 Å². The van der Waals surface area contributed by atoms with Gasteiger partial charge in [-0.15, -0.1) is 0 Å². The minimum Gasteiger partial charge on any atom is -0.324 e. The van der Waals surface area contributed by atoms with Gasteiger partial charge in [-0.1, -0.05) is 38.5 Å². The summed E-state index contributed by atoms with van der Waals surface area (Å²) < 4.78 is 0. The van der Waals surface area contributed by atoms with E-state index in [-0.39, 0.29) is 5.91 Å². The molecular formula is C15H20N2O. The molecule has 0 radical (unpaired) electrons. The van der Waals surface area contributed by atoms with E-state index in [0.29, 0.717) is 6.42 Å². The highest BCUT2D eigenvalue weighted by molar-refractivity contribution is 5.97. The molecule has 18 heavy (non-hydrogen) atoms. The third-order valence-corrected chi connectivity index (χ3v) is 3.24. The van der Waals surface area contributed by atoms with E-state index in [1.165, 1.54) is 0 Å². The summed E-state index contributed by atoms with van der Waals surface area (Å²) in [7, 11) is 0. The summed E-state index contributed by atoms with van der Waals surface area (Å²) in [4.78, 5) is 12.1. The first-order valence-corrected chi connectivity index (χ1v) is 6.38. The van der Waals surface area contributed by atoms with E-state index in [1.807, 2.05) is 31.2 Å². The van der Waals surface area contributed by atoms with Crippen LogP contribution in [0.5, 0.6) is 0 Å². The van der Waals surface area contributed by atoms with Crippen LogP contribution in [0.3, 0.4) is 0 Å². The average Bonchev–Trinajstić information content (AvgIpc) is 2.40. The molecule has 1 aromatic carbocycles. The number of amides is 1. The number of nitriles is 1. The van der Waals surface area contributed by atoms with E-state index in [9.17, 15) is 4.79 Å². The first-order chi connectivity index (χ1) is 8.57. The first-order valence-electron chi connectivity index (χ1n) is 6.38. The maximum atomic E-state index is 12.1. The zero-order valence-electron chi connectivity index (χ0n) is 11.3. The summed E-state index contributed by atoms with van der Waals surface area (Å²) in [5.41, 5.74) is 0.975. The predicted octanol–water partition coefficient (Wildman–Crippen LogP) is 3.52. The fraction of sp³-hybridized carbons (Fsp3) is 0.467. The van der Waals surface area contributed by atoms with Crippen molar-refractivity contribution in [2.45, 2.75) is 40.0 Å². The summed E-state index contributed by atoms with van der Waals surface area (Å²) in [5, 5.41) is 12.0. The molecular weight excluding hydrogens is 224 g/mol. The second-order valence-corrected chi connectivity index (χ2v) is 4.66. The second kappa shape index (κ2) is 6.20. The number of rotatable bonds is 5. The smallest absolute Gasteiger partial charge is 0.244 e. The Labute approximate surface area is 109 Å². The fourth-order valence-corrected chi connectivity index (χ4v) is 1.68. The molecule has 0 saturated carbocycles. The van der Waals surface area contributed by atoms with Crippen LogP contribution in [0.25, 0.3) is 0 Å². The van der Waals surface area contributed by atoms with Gasteiger partial charge in [0.25, 0.3) is 0 Å². The molecule has 1 unspecified atom stereocenters. The Hall–Kier alpha value is -1.82. The fourth-order valence-electron chi connectivity index (χ4n) is 1.68. The monoisotopic (exact) mass is 244 g/mol. The van der Waals surface area contributed by atoms with Crippen LogP contribution in [-0.2, 0) is 11.2 Å². The summed E-state index contributed by atoms with van der Waals surface area (Å²) in [6.45, 7) is 5.62. The number of carbonyl (C=O) groups is 1. The van der Waals surface area contributed by atoms with Crippen LogP contribution >= 0.6 is 0 Å². The SMILES string of the molecule is CCCc1ccccc1NC(=O)C(C)(C#N)CC. The molecule has 1 amide bonds. The molecule has 0 aliphatic heterocycles. The van der Waals surface area contributed by atoms with Gasteiger partial charge in [-0.25, -0.2) is 0 Å². The first kappa shape index (κ1) is 14.2. The van der Waals surface area contributed by atoms with Gasteiger partial charge in [0.05, 0.1) is 6.07 Å². The predicted molar refractivity (Wildman–Crippen MR) is 73.1 cm³/mol. The lowest BCUT2D eigenvalue weighted by molar-refractivity contribution is -0.122. The number of hydrogen-bond acceptors (Lipinski definition) is 2. The largest absolute Gasteiger partial charge is 0.324 e. The highest BCUT2D eigenvalue weighted by Crippen LogP contribution is 2.24. The molecule has 96 valence electrons. The molecule has 0 spiro atoms. The Morgan fingerprint density at radius 2 is 2.06 bits per heavy atom. The summed E-state index contributed by atoms with van der Waals surface area (Å²) in [5.74, 6) is -0.226. The van der Waals surface area contributed by atoms with Crippen LogP contribution in [0.15, 0.2) is 24.3 Å². The molecule has 0 bridgehead atoms. The van der Waals surface area contributed by atoms with Gasteiger partial charge >= 0.3 is 0 Å². The molecule has 3 nitrogen and oxygen atoms in total. The number of anilines is 1. The van der Waals surface area contributed by atoms with Gasteiger partial charge in [-0.05, 0) is 31.4 Å². The number of benzene rings is 1. The molecule has 1 aromatic rings. The van der Waals surface area contributed by atoms with Crippen molar-refractivity contribution < 1.29 is 4.79 Å². The van der Waals surface area contributed by atoms with Crippen LogP contribution in [0.1, 0.15) is 39.2 Å². The zero-order valence-corrected chi connectivity index (χ0v) is 11.3. The van der Waals surface area contributed by atoms with Crippen LogP contribution in [-0.4, -0.2) is 5.91 Å². The number of nitrogens with zero attached hydrogens (tertiary/aromatic N) is 1. The Kier molecular flexibility index (Phi) is 4.91. The Bertz CT molecular complexity index is 462. The van der Waals surface area contributed by atoms with Crippen molar-refractivity contribution in [3.8, 4) is 6.07 Å². The topological polar surface area (TPSA) is 52.9 Å². The number of hydrogen-bond donors (Lipinski definition) is 1. The van der Waals surface area contributed by atoms with Gasteiger partial charge in [0, 0.05) is 5.69 Å². The maximum absolute atomic E-state index is 12.1. The van der Waals surface area contributed by atoms with Crippen molar-refractivity contribution in [3.05, 3.63) is 29.8 Å². The van der Waals surface area contributed by atoms with E-state index in [4.69, 9.17) is 5.26 Å². The number of aryl methyl sites for hydroxylation is 1. The van der Waals surface area contributed by atoms with Crippen LogP contribution < -0.4 is 5.32 Å². The van der Waals surface area contributed by atoms with Crippen molar-refractivity contribution >= 4 is 11.6 Å². The van der Waals surface area contributed by atoms with Gasteiger partial charge in [-0.2, -0.15) is 5.26 Å². The van der Waals surface area contributed by atoms with E-state index in [0.717, 1.165) is 24.1 Å². The van der Waals surface area contributed by atoms with Gasteiger partial charge in [0.15, 0.2) is 0 Å². The quantitative estimate of drug-likeness (QED) is 0.861. The highest BCUT2D eigenvalue weighted by atomic mass is 16.2. The normalized spacial score (nSPS) is 13.4. The third-order valence-electron chi connectivity index (χ3n) is 3.24. The van der Waals surface area contributed by atoms with Gasteiger partial charge in [0.2, 0.25) is 5.91 Å². The number of carbonyl (C=O) groups excluding carboxylic acids is 1. The standard InChI is InChI=1S/C15H20N2O/c1-4-8-12-9-6-7-10-13(12)17-14(18)15(3,5-2)11-16/h6-7,9-10H,4-5,8H2,1-3H3,(H,17,18). The Morgan fingerprint density at radius 3 is 2.61 bits per heavy atom. The van der Waals surface area contributed by atoms with Crippen LogP contribution in [0.4, 0.5) is 5.69 Å². The van der Waals surface area contributed by atoms with Crippen molar-refractivity contribution in [1.82, 2.24) is 0 Å². The minimum absolute atomic E-state index is 0.226. The van der Waals surface area contributed by atoms with Crippen LogP contribution in [0.2, 0.25) is 0 Å². The van der Waals surface area contributed by atoms with Crippen molar-refractivity contribution in [2.75, 3.05) is 5.32 Å². The molecule has 1 atom stereocenters. The molecule has 1 N–H and O–H groups in total. The van der Waals surface area contributed by atoms with Gasteiger partial charge in [-0.3, -0.25) is 4.79 Å². The van der Waals surface area contributed by atoms with E-state index < -0.39 is 5.41 Å². The molecule has 0 aromatic heterocycles. The lowest BCUT2D eigenvalue weighted by Crippen LogP contribution is -2.31. The zero-order chi connectivity index (χ0) is 13.6. The third kappa shape index (κ3) is 3.10.